The number of aromatic nitrogens is 4. The number of fused-ring (bicyclic) bond motifs is 1. The number of nitrogens with two attached hydrogens (primary N) is 1. The van der Waals surface area contributed by atoms with Crippen LogP contribution in [0.2, 0.25) is 0 Å². The van der Waals surface area contributed by atoms with Gasteiger partial charge in [-0.3, -0.25) is 4.57 Å². The van der Waals surface area contributed by atoms with Crippen molar-refractivity contribution in [3.8, 4) is 11.5 Å². The van der Waals surface area contributed by atoms with Gasteiger partial charge in [0.2, 0.25) is 0 Å². The van der Waals surface area contributed by atoms with Crippen molar-refractivity contribution >= 4 is 17.0 Å². The number of nitrogens with zero attached hydrogens (tertiary/aromatic N) is 4. The number of halogens is 1. The number of anilines is 1. The third-order valence-electron chi connectivity index (χ3n) is 8.24. The zero-order valence-corrected chi connectivity index (χ0v) is 26.2. The van der Waals surface area contributed by atoms with Crippen molar-refractivity contribution in [2.45, 2.75) is 30.1 Å². The van der Waals surface area contributed by atoms with Crippen LogP contribution in [0.25, 0.3) is 11.2 Å². The lowest BCUT2D eigenvalue weighted by atomic mass is 9.80. The van der Waals surface area contributed by atoms with Crippen molar-refractivity contribution in [3.05, 3.63) is 108 Å². The maximum absolute atomic E-state index is 14.3. The molecule has 3 heterocycles. The molecule has 246 valence electrons. The molecule has 0 radical (unpaired) electrons. The van der Waals surface area contributed by atoms with E-state index in [4.69, 9.17) is 34.2 Å². The second-order valence-electron chi connectivity index (χ2n) is 10.9. The second kappa shape index (κ2) is 14.0. The third-order valence-corrected chi connectivity index (χ3v) is 8.24. The molecule has 4 atom stereocenters. The predicted octanol–water partition coefficient (Wildman–Crippen LogP) is 3.86. The lowest BCUT2D eigenvalue weighted by Gasteiger charge is -2.37. The van der Waals surface area contributed by atoms with Crippen LogP contribution >= 0.6 is 0 Å². The van der Waals surface area contributed by atoms with E-state index in [1.165, 1.54) is 10.9 Å². The van der Waals surface area contributed by atoms with Crippen molar-refractivity contribution in [3.63, 3.8) is 0 Å². The minimum atomic E-state index is -1.17. The summed E-state index contributed by atoms with van der Waals surface area (Å²) < 4.78 is 51.3. The molecule has 3 N–H and O–H groups in total. The van der Waals surface area contributed by atoms with E-state index in [9.17, 15) is 9.50 Å². The molecule has 6 rings (SSSR count). The van der Waals surface area contributed by atoms with Gasteiger partial charge in [-0.05, 0) is 41.0 Å². The first-order valence-corrected chi connectivity index (χ1v) is 15.0. The van der Waals surface area contributed by atoms with E-state index in [0.717, 1.165) is 16.7 Å². The van der Waals surface area contributed by atoms with Crippen LogP contribution in [0.1, 0.15) is 22.9 Å². The topological polar surface area (TPSA) is 145 Å². The van der Waals surface area contributed by atoms with Crippen LogP contribution in [0.15, 0.2) is 85.2 Å². The molecule has 5 aromatic rings. The van der Waals surface area contributed by atoms with Crippen molar-refractivity contribution < 1.29 is 37.9 Å². The Bertz CT molecular complexity index is 1720. The fourth-order valence-electron chi connectivity index (χ4n) is 5.91. The number of aliphatic hydroxyl groups is 1. The third kappa shape index (κ3) is 6.23. The molecule has 0 amide bonds. The van der Waals surface area contributed by atoms with Crippen LogP contribution in [-0.4, -0.2) is 84.1 Å². The Morgan fingerprint density at radius 1 is 0.872 bits per heavy atom. The van der Waals surface area contributed by atoms with E-state index < -0.39 is 36.2 Å². The largest absolute Gasteiger partial charge is 0.497 e. The van der Waals surface area contributed by atoms with E-state index >= 15 is 0 Å². The average molecular weight is 646 g/mol. The first-order chi connectivity index (χ1) is 22.9. The van der Waals surface area contributed by atoms with Crippen LogP contribution in [0.3, 0.4) is 0 Å². The summed E-state index contributed by atoms with van der Waals surface area (Å²) in [6, 6.07) is 25.0. The molecule has 1 aliphatic rings. The summed E-state index contributed by atoms with van der Waals surface area (Å²) in [4.78, 5) is 11.7. The van der Waals surface area contributed by atoms with Gasteiger partial charge in [0.05, 0.1) is 40.4 Å². The highest BCUT2D eigenvalue weighted by molar-refractivity contribution is 5.81. The molecule has 3 aromatic carbocycles. The van der Waals surface area contributed by atoms with Crippen molar-refractivity contribution in [2.75, 3.05) is 46.9 Å². The number of hydrogen-bond acceptors (Lipinski definition) is 11. The van der Waals surface area contributed by atoms with Gasteiger partial charge in [-0.1, -0.05) is 54.6 Å². The Kier molecular flexibility index (Phi) is 9.61. The Hall–Kier alpha value is -4.66. The number of aliphatic hydroxyl groups excluding tert-OH is 1. The minimum absolute atomic E-state index is 0.0765. The van der Waals surface area contributed by atoms with Crippen molar-refractivity contribution in [1.82, 2.24) is 19.5 Å². The van der Waals surface area contributed by atoms with Gasteiger partial charge in [-0.2, -0.15) is 14.4 Å². The normalized spacial score (nSPS) is 19.7. The first kappa shape index (κ1) is 32.3. The number of rotatable bonds is 13. The van der Waals surface area contributed by atoms with E-state index in [1.54, 1.807) is 21.3 Å². The highest BCUT2D eigenvalue weighted by Gasteiger charge is 2.48. The van der Waals surface area contributed by atoms with Crippen LogP contribution in [0, 0.1) is 6.08 Å². The number of nitrogen functional groups attached to an aromatic ring is 1. The van der Waals surface area contributed by atoms with Crippen molar-refractivity contribution in [1.29, 1.82) is 0 Å². The van der Waals surface area contributed by atoms with Crippen LogP contribution in [0.5, 0.6) is 11.5 Å². The van der Waals surface area contributed by atoms with Gasteiger partial charge >= 0.3 is 6.08 Å². The molecule has 13 heteroatoms. The second-order valence-corrected chi connectivity index (χ2v) is 10.9. The Morgan fingerprint density at radius 3 is 2.09 bits per heavy atom. The number of imidazole rings is 1. The van der Waals surface area contributed by atoms with Crippen LogP contribution in [-0.2, 0) is 24.5 Å². The van der Waals surface area contributed by atoms with Gasteiger partial charge in [0, 0.05) is 7.11 Å². The summed E-state index contributed by atoms with van der Waals surface area (Å²) in [5.41, 5.74) is 7.53. The quantitative estimate of drug-likeness (QED) is 0.109. The van der Waals surface area contributed by atoms with E-state index in [-0.39, 0.29) is 36.8 Å². The molecule has 0 aliphatic carbocycles. The van der Waals surface area contributed by atoms with E-state index in [2.05, 4.69) is 15.0 Å². The van der Waals surface area contributed by atoms with Gasteiger partial charge in [-0.25, -0.2) is 4.98 Å². The summed E-state index contributed by atoms with van der Waals surface area (Å²) in [5.74, 6) is 1.26. The summed E-state index contributed by atoms with van der Waals surface area (Å²) in [6.45, 7) is 0.361. The molecule has 0 unspecified atom stereocenters. The summed E-state index contributed by atoms with van der Waals surface area (Å²) in [6.07, 6.45) is -3.54. The van der Waals surface area contributed by atoms with Crippen LogP contribution in [0.4, 0.5) is 10.2 Å². The highest BCUT2D eigenvalue weighted by atomic mass is 19.1. The van der Waals surface area contributed by atoms with Gasteiger partial charge in [0.15, 0.2) is 23.2 Å². The number of methoxy groups -OCH3 is 3. The fourth-order valence-corrected chi connectivity index (χ4v) is 5.91. The Balaban J connectivity index is 1.40. The average Bonchev–Trinajstić information content (AvgIpc) is 3.66. The lowest BCUT2D eigenvalue weighted by Crippen LogP contribution is -2.40. The summed E-state index contributed by atoms with van der Waals surface area (Å²) in [7, 11) is 4.77. The molecular formula is C34H36FN5O7. The maximum atomic E-state index is 14.3. The monoisotopic (exact) mass is 645 g/mol. The Morgan fingerprint density at radius 2 is 1.49 bits per heavy atom. The standard InChI is InChI=1S/C34H36FN5O7/c1-42-17-18-45-29-28(41)26(47-32(29)40-20-37-27-30(36)38-33(35)39-31(27)40)19-46-34(21-7-5-4-6-8-21,22-9-13-24(43-2)14-10-22)23-11-15-25(44-3)16-12-23/h4-16,20,26,28-29,32,41H,17-19H2,1-3H3,(H2,36,38,39)/t26-,28-,29-,32-/m1/s1. The molecule has 12 nitrogen and oxygen atoms in total. The highest BCUT2D eigenvalue weighted by Crippen LogP contribution is 2.43. The van der Waals surface area contributed by atoms with E-state index in [1.807, 2.05) is 78.9 Å². The molecule has 0 bridgehead atoms. The number of hydrogen-bond donors (Lipinski definition) is 2. The molecular weight excluding hydrogens is 609 g/mol. The van der Waals surface area contributed by atoms with Crippen LogP contribution < -0.4 is 15.2 Å². The molecule has 0 spiro atoms. The molecule has 1 fully saturated rings. The molecule has 47 heavy (non-hydrogen) atoms. The zero-order chi connectivity index (χ0) is 33.0. The minimum Gasteiger partial charge on any atom is -0.497 e. The summed E-state index contributed by atoms with van der Waals surface area (Å²) >= 11 is 0. The smallest absolute Gasteiger partial charge is 0.312 e. The first-order valence-electron chi connectivity index (χ1n) is 15.0. The maximum Gasteiger partial charge on any atom is 0.312 e. The molecule has 2 aromatic heterocycles. The number of ether oxygens (including phenoxy) is 6. The van der Waals surface area contributed by atoms with Gasteiger partial charge in [-0.15, -0.1) is 0 Å². The fraction of sp³-hybridized carbons (Fsp3) is 0.324. The lowest BCUT2D eigenvalue weighted by molar-refractivity contribution is -0.0970. The SMILES string of the molecule is COCCO[C@@H]1[C@H](O)[C@@H](COC(c2ccccc2)(c2ccc(OC)cc2)c2ccc(OC)cc2)O[C@H]1n1cnc2c(N)nc(F)nc21. The van der Waals surface area contributed by atoms with Gasteiger partial charge in [0.25, 0.3) is 0 Å². The van der Waals surface area contributed by atoms with Crippen molar-refractivity contribution in [2.24, 2.45) is 0 Å². The summed E-state index contributed by atoms with van der Waals surface area (Å²) in [5, 5.41) is 11.7. The predicted molar refractivity (Wildman–Crippen MR) is 169 cm³/mol. The van der Waals surface area contributed by atoms with E-state index in [0.29, 0.717) is 11.5 Å². The van der Waals surface area contributed by atoms with Gasteiger partial charge < -0.3 is 39.3 Å². The number of benzene rings is 3. The van der Waals surface area contributed by atoms with Gasteiger partial charge in [0.1, 0.15) is 35.4 Å². The Labute approximate surface area is 270 Å². The molecule has 1 aliphatic heterocycles. The molecule has 1 saturated heterocycles. The molecule has 0 saturated carbocycles. The zero-order valence-electron chi connectivity index (χ0n) is 26.2.